The Kier molecular flexibility index (Phi) is 1.38. The lowest BCUT2D eigenvalue weighted by molar-refractivity contribution is 0.354. The van der Waals surface area contributed by atoms with Gasteiger partial charge in [-0.05, 0) is 5.53 Å². The molecule has 0 fully saturated rings. The molecule has 5 heteroatoms. The van der Waals surface area contributed by atoms with Gasteiger partial charge in [-0.2, -0.15) is 0 Å². The molecule has 1 N–H and O–H groups in total. The van der Waals surface area contributed by atoms with Crippen molar-refractivity contribution in [2.45, 2.75) is 0 Å². The molecule has 9 heavy (non-hydrogen) atoms. The second kappa shape index (κ2) is 2.19. The largest absolute Gasteiger partial charge is 0.473 e. The average molecular weight is 124 g/mol. The van der Waals surface area contributed by atoms with Crippen LogP contribution in [0.3, 0.4) is 0 Å². The number of nitrogens with one attached hydrogen (secondary N) is 1. The number of nitrogens with zero attached hydrogens (tertiary/aromatic N) is 3. The van der Waals surface area contributed by atoms with E-state index in [0.29, 0.717) is 5.70 Å². The Morgan fingerprint density at radius 3 is 3.11 bits per heavy atom. The van der Waals surface area contributed by atoms with Gasteiger partial charge in [-0.25, -0.2) is 0 Å². The minimum Gasteiger partial charge on any atom is -0.473 e. The van der Waals surface area contributed by atoms with Gasteiger partial charge in [0.1, 0.15) is 6.61 Å². The van der Waals surface area contributed by atoms with Crippen LogP contribution in [-0.2, 0) is 4.74 Å². The lowest BCUT2D eigenvalue weighted by atomic mass is 10.5. The third-order valence-corrected chi connectivity index (χ3v) is 0.846. The predicted octanol–water partition coefficient (Wildman–Crippen LogP) is 1.19. The van der Waals surface area contributed by atoms with Gasteiger partial charge in [-0.15, -0.1) is 0 Å². The Labute approximate surface area is 51.1 Å². The van der Waals surface area contributed by atoms with Crippen molar-refractivity contribution in [1.29, 1.82) is 5.41 Å². The summed E-state index contributed by atoms with van der Waals surface area (Å²) in [4.78, 5) is 2.53. The van der Waals surface area contributed by atoms with Gasteiger partial charge in [0.2, 0.25) is 5.90 Å². The Balaban J connectivity index is 2.73. The van der Waals surface area contributed by atoms with Gasteiger partial charge >= 0.3 is 0 Å². The third-order valence-electron chi connectivity index (χ3n) is 0.846. The zero-order chi connectivity index (χ0) is 6.69. The summed E-state index contributed by atoms with van der Waals surface area (Å²) in [6.07, 6.45) is 1.39. The van der Waals surface area contributed by atoms with E-state index in [2.05, 4.69) is 14.8 Å². The van der Waals surface area contributed by atoms with E-state index in [9.17, 15) is 0 Å². The van der Waals surface area contributed by atoms with Crippen molar-refractivity contribution in [2.75, 3.05) is 6.61 Å². The summed E-state index contributed by atoms with van der Waals surface area (Å²) in [5.74, 6) is 0.0531. The molecule has 0 amide bonds. The molecule has 0 saturated carbocycles. The van der Waals surface area contributed by atoms with Gasteiger partial charge in [0.05, 0.1) is 5.70 Å². The first-order chi connectivity index (χ1) is 4.33. The van der Waals surface area contributed by atoms with Crippen molar-refractivity contribution in [3.63, 3.8) is 0 Å². The maximum absolute atomic E-state index is 7.90. The molecular weight excluding hydrogens is 120 g/mol. The first-order valence-electron chi connectivity index (χ1n) is 2.30. The maximum Gasteiger partial charge on any atom is 0.206 e. The Morgan fingerprint density at radius 2 is 2.67 bits per heavy atom. The van der Waals surface area contributed by atoms with Crippen LogP contribution in [0.5, 0.6) is 0 Å². The number of azide groups is 1. The zero-order valence-electron chi connectivity index (χ0n) is 4.53. The molecule has 0 radical (unpaired) electrons. The topological polar surface area (TPSA) is 81.8 Å². The van der Waals surface area contributed by atoms with Gasteiger partial charge in [-0.1, -0.05) is 5.11 Å². The van der Waals surface area contributed by atoms with E-state index in [1.807, 2.05) is 0 Å². The van der Waals surface area contributed by atoms with E-state index in [4.69, 9.17) is 10.9 Å². The van der Waals surface area contributed by atoms with Crippen molar-refractivity contribution < 1.29 is 4.74 Å². The highest BCUT2D eigenvalue weighted by atomic mass is 16.5. The molecule has 0 saturated heterocycles. The number of hydrogen-bond acceptors (Lipinski definition) is 3. The average Bonchev–Trinajstić information content (AvgIpc) is 2.17. The highest BCUT2D eigenvalue weighted by Gasteiger charge is 2.06. The molecule has 0 spiro atoms. The molecule has 1 heterocycles. The minimum absolute atomic E-state index is 0.0531. The maximum atomic E-state index is 7.90. The van der Waals surface area contributed by atoms with Crippen LogP contribution in [0.4, 0.5) is 0 Å². The van der Waals surface area contributed by atoms with E-state index >= 15 is 0 Å². The summed E-state index contributed by atoms with van der Waals surface area (Å²) in [6, 6.07) is 0. The minimum atomic E-state index is 0.0531. The van der Waals surface area contributed by atoms with Gasteiger partial charge in [0.25, 0.3) is 0 Å². The number of ether oxygens (including phenoxy) is 1. The van der Waals surface area contributed by atoms with Gasteiger partial charge < -0.3 is 4.74 Å². The van der Waals surface area contributed by atoms with E-state index in [-0.39, 0.29) is 12.5 Å². The molecule has 0 aliphatic carbocycles. The van der Waals surface area contributed by atoms with Crippen LogP contribution in [0.1, 0.15) is 0 Å². The quantitative estimate of drug-likeness (QED) is 0.318. The van der Waals surface area contributed by atoms with Crippen LogP contribution in [0.15, 0.2) is 16.9 Å². The van der Waals surface area contributed by atoms with Crippen molar-refractivity contribution in [3.05, 3.63) is 22.2 Å². The molecule has 1 aliphatic rings. The number of hydrogen-bond donors (Lipinski definition) is 1. The summed E-state index contributed by atoms with van der Waals surface area (Å²) in [5, 5.41) is 10.1. The van der Waals surface area contributed by atoms with Crippen LogP contribution in [0, 0.1) is 5.41 Å². The second-order valence-corrected chi connectivity index (χ2v) is 1.48. The summed E-state index contributed by atoms with van der Waals surface area (Å²) in [6.45, 7) is 0.225. The van der Waals surface area contributed by atoms with Crippen LogP contribution >= 0.6 is 0 Å². The zero-order valence-corrected chi connectivity index (χ0v) is 4.53. The molecule has 0 bridgehead atoms. The van der Waals surface area contributed by atoms with E-state index in [0.717, 1.165) is 0 Å². The van der Waals surface area contributed by atoms with Gasteiger partial charge in [0, 0.05) is 11.0 Å². The number of rotatable bonds is 1. The molecule has 0 aromatic carbocycles. The second-order valence-electron chi connectivity index (χ2n) is 1.48. The normalized spacial score (nSPS) is 16.0. The fraction of sp³-hybridized carbons (Fsp3) is 0.250. The first-order valence-corrected chi connectivity index (χ1v) is 2.30. The monoisotopic (exact) mass is 124 g/mol. The molecule has 46 valence electrons. The van der Waals surface area contributed by atoms with Gasteiger partial charge in [0.15, 0.2) is 0 Å². The lowest BCUT2D eigenvalue weighted by Crippen LogP contribution is -1.89. The third kappa shape index (κ3) is 1.20. The van der Waals surface area contributed by atoms with Gasteiger partial charge in [-0.3, -0.25) is 5.41 Å². The summed E-state index contributed by atoms with van der Waals surface area (Å²) in [5.41, 5.74) is 8.37. The van der Waals surface area contributed by atoms with E-state index in [1.165, 1.54) is 6.08 Å². The smallest absolute Gasteiger partial charge is 0.206 e. The van der Waals surface area contributed by atoms with Crippen LogP contribution in [-0.4, -0.2) is 12.5 Å². The standard InChI is InChI=1S/C4H4N4O/c5-4-1-3(2-9-4)7-8-6/h1,5H,2H2. The molecule has 0 atom stereocenters. The Bertz CT molecular complexity index is 213. The highest BCUT2D eigenvalue weighted by molar-refractivity contribution is 5.87. The summed E-state index contributed by atoms with van der Waals surface area (Å²) >= 11 is 0. The Morgan fingerprint density at radius 1 is 1.89 bits per heavy atom. The van der Waals surface area contributed by atoms with E-state index < -0.39 is 0 Å². The molecule has 5 nitrogen and oxygen atoms in total. The van der Waals surface area contributed by atoms with Crippen LogP contribution in [0.2, 0.25) is 0 Å². The predicted molar refractivity (Wildman–Crippen MR) is 30.9 cm³/mol. The molecule has 0 aromatic rings. The van der Waals surface area contributed by atoms with Crippen LogP contribution < -0.4 is 0 Å². The summed E-state index contributed by atoms with van der Waals surface area (Å²) in [7, 11) is 0. The lowest BCUT2D eigenvalue weighted by Gasteiger charge is -1.88. The summed E-state index contributed by atoms with van der Waals surface area (Å²) < 4.78 is 4.64. The highest BCUT2D eigenvalue weighted by Crippen LogP contribution is 2.06. The molecule has 0 unspecified atom stereocenters. The van der Waals surface area contributed by atoms with Crippen molar-refractivity contribution in [2.24, 2.45) is 5.11 Å². The van der Waals surface area contributed by atoms with Crippen LogP contribution in [0.25, 0.3) is 10.4 Å². The van der Waals surface area contributed by atoms with E-state index in [1.54, 1.807) is 0 Å². The molecular formula is C4H4N4O. The van der Waals surface area contributed by atoms with Crippen molar-refractivity contribution in [3.8, 4) is 0 Å². The Hall–Kier alpha value is -1.48. The molecule has 1 rings (SSSR count). The van der Waals surface area contributed by atoms with Crippen molar-refractivity contribution in [1.82, 2.24) is 0 Å². The molecule has 1 aliphatic heterocycles. The SMILES string of the molecule is [N-]=[N+]=NC1=CC(=N)OC1. The molecule has 0 aromatic heterocycles. The first kappa shape index (κ1) is 5.65. The fourth-order valence-electron chi connectivity index (χ4n) is 0.502. The fourth-order valence-corrected chi connectivity index (χ4v) is 0.502. The van der Waals surface area contributed by atoms with Crippen molar-refractivity contribution >= 4 is 5.90 Å².